The van der Waals surface area contributed by atoms with Gasteiger partial charge in [-0.3, -0.25) is 4.98 Å². The summed E-state index contributed by atoms with van der Waals surface area (Å²) in [6, 6.07) is 10.3. The van der Waals surface area contributed by atoms with E-state index in [1.54, 1.807) is 0 Å². The van der Waals surface area contributed by atoms with Gasteiger partial charge < -0.3 is 14.7 Å². The quantitative estimate of drug-likeness (QED) is 0.473. The normalized spacial score (nSPS) is 15.9. The summed E-state index contributed by atoms with van der Waals surface area (Å²) in [5.74, 6) is 0.777. The van der Waals surface area contributed by atoms with Crippen LogP contribution in [0.1, 0.15) is 74.8 Å². The van der Waals surface area contributed by atoms with Gasteiger partial charge in [0, 0.05) is 36.6 Å². The number of hydrogen-bond acceptors (Lipinski definition) is 4. The highest BCUT2D eigenvalue weighted by Crippen LogP contribution is 2.32. The lowest BCUT2D eigenvalue weighted by Crippen LogP contribution is -2.42. The average molecular weight is 487 g/mol. The lowest BCUT2D eigenvalue weighted by Gasteiger charge is -2.33. The number of nitrogens with zero attached hydrogens (tertiary/aromatic N) is 2. The van der Waals surface area contributed by atoms with E-state index in [2.05, 4.69) is 25.1 Å². The first kappa shape index (κ1) is 26.5. The van der Waals surface area contributed by atoms with Gasteiger partial charge in [0.1, 0.15) is 5.60 Å². The molecule has 3 rings (SSSR count). The molecule has 1 aromatic carbocycles. The van der Waals surface area contributed by atoms with Gasteiger partial charge >= 0.3 is 6.09 Å². The highest BCUT2D eigenvalue weighted by molar-refractivity contribution is 6.30. The molecular formula is C28H39ClN2O3. The first-order valence-corrected chi connectivity index (χ1v) is 12.8. The van der Waals surface area contributed by atoms with E-state index in [0.29, 0.717) is 5.92 Å². The monoisotopic (exact) mass is 486 g/mol. The smallest absolute Gasteiger partial charge is 0.410 e. The number of carbonyl (C=O) groups excluding carboxylic acids is 1. The molecule has 1 saturated heterocycles. The van der Waals surface area contributed by atoms with Crippen molar-refractivity contribution < 1.29 is 14.6 Å². The molecule has 1 unspecified atom stereocenters. The Hall–Kier alpha value is -2.11. The molecule has 1 aliphatic rings. The van der Waals surface area contributed by atoms with E-state index in [4.69, 9.17) is 21.3 Å². The van der Waals surface area contributed by atoms with Gasteiger partial charge in [0.2, 0.25) is 0 Å². The molecule has 34 heavy (non-hydrogen) atoms. The topological polar surface area (TPSA) is 62.7 Å². The zero-order chi connectivity index (χ0) is 24.7. The fourth-order valence-electron chi connectivity index (χ4n) is 4.78. The van der Waals surface area contributed by atoms with Gasteiger partial charge in [-0.1, -0.05) is 23.7 Å². The van der Waals surface area contributed by atoms with Crippen molar-refractivity contribution in [2.45, 2.75) is 77.7 Å². The summed E-state index contributed by atoms with van der Waals surface area (Å²) in [6.07, 6.45) is 7.03. The molecule has 2 heterocycles. The molecule has 1 atom stereocenters. The summed E-state index contributed by atoms with van der Waals surface area (Å²) in [5, 5.41) is 10.2. The van der Waals surface area contributed by atoms with E-state index in [1.807, 2.05) is 44.0 Å². The molecule has 1 aromatic heterocycles. The molecule has 0 radical (unpaired) electrons. The zero-order valence-corrected chi connectivity index (χ0v) is 21.8. The van der Waals surface area contributed by atoms with E-state index in [0.717, 1.165) is 62.3 Å². The largest absolute Gasteiger partial charge is 0.444 e. The molecule has 1 aliphatic heterocycles. The third kappa shape index (κ3) is 7.71. The molecule has 1 N–H and O–H groups in total. The summed E-state index contributed by atoms with van der Waals surface area (Å²) < 4.78 is 5.53. The van der Waals surface area contributed by atoms with Crippen LogP contribution in [0.2, 0.25) is 5.02 Å². The predicted octanol–water partition coefficient (Wildman–Crippen LogP) is 6.33. The highest BCUT2D eigenvalue weighted by Gasteiger charge is 2.27. The van der Waals surface area contributed by atoms with Crippen molar-refractivity contribution >= 4 is 17.7 Å². The van der Waals surface area contributed by atoms with E-state index < -0.39 is 5.60 Å². The number of halogens is 1. The molecule has 0 aliphatic carbocycles. The summed E-state index contributed by atoms with van der Waals surface area (Å²) in [4.78, 5) is 19.0. The Labute approximate surface area is 209 Å². The summed E-state index contributed by atoms with van der Waals surface area (Å²) in [7, 11) is 0. The number of likely N-dealkylation sites (tertiary alicyclic amines) is 1. The predicted molar refractivity (Wildman–Crippen MR) is 137 cm³/mol. The molecule has 2 aromatic rings. The lowest BCUT2D eigenvalue weighted by molar-refractivity contribution is 0.0184. The standard InChI is InChI=1S/C28H39ClN2O3/c1-20-9-10-24(29)19-25(20)22(8-6-16-32)18-23-7-5-13-30-26(23)17-21-11-14-31(15-12-21)27(33)34-28(2,3)4/h5,7,9-10,13,19,21-22,32H,6,8,11-12,14-18H2,1-4H3. The van der Waals surface area contributed by atoms with E-state index >= 15 is 0 Å². The Bertz CT molecular complexity index is 949. The fraction of sp³-hybridized carbons (Fsp3) is 0.571. The van der Waals surface area contributed by atoms with E-state index in [1.165, 1.54) is 16.7 Å². The van der Waals surface area contributed by atoms with Crippen molar-refractivity contribution in [2.24, 2.45) is 5.92 Å². The number of hydrogen-bond donors (Lipinski definition) is 1. The number of ether oxygens (including phenoxy) is 1. The molecular weight excluding hydrogens is 448 g/mol. The third-order valence-corrected chi connectivity index (χ3v) is 6.83. The van der Waals surface area contributed by atoms with Gasteiger partial charge in [0.05, 0.1) is 0 Å². The molecule has 186 valence electrons. The van der Waals surface area contributed by atoms with Gasteiger partial charge in [0.25, 0.3) is 0 Å². The second-order valence-corrected chi connectivity index (χ2v) is 10.9. The molecule has 1 fully saturated rings. The molecule has 6 heteroatoms. The first-order valence-electron chi connectivity index (χ1n) is 12.4. The van der Waals surface area contributed by atoms with Crippen molar-refractivity contribution in [1.29, 1.82) is 0 Å². The van der Waals surface area contributed by atoms with Crippen LogP contribution in [-0.2, 0) is 17.6 Å². The number of aromatic nitrogens is 1. The Morgan fingerprint density at radius 1 is 1.26 bits per heavy atom. The van der Waals surface area contributed by atoms with Crippen molar-refractivity contribution in [2.75, 3.05) is 19.7 Å². The number of aliphatic hydroxyl groups is 1. The molecule has 1 amide bonds. The third-order valence-electron chi connectivity index (χ3n) is 6.59. The van der Waals surface area contributed by atoms with Gasteiger partial charge in [0.15, 0.2) is 0 Å². The minimum Gasteiger partial charge on any atom is -0.444 e. The zero-order valence-electron chi connectivity index (χ0n) is 21.0. The number of amides is 1. The van der Waals surface area contributed by atoms with Crippen molar-refractivity contribution in [3.63, 3.8) is 0 Å². The van der Waals surface area contributed by atoms with Crippen molar-refractivity contribution in [3.8, 4) is 0 Å². The van der Waals surface area contributed by atoms with E-state index in [-0.39, 0.29) is 18.6 Å². The Balaban J connectivity index is 1.68. The number of rotatable bonds is 8. The number of aliphatic hydroxyl groups excluding tert-OH is 1. The second kappa shape index (κ2) is 12.0. The number of piperidine rings is 1. The van der Waals surface area contributed by atoms with Gasteiger partial charge in [-0.2, -0.15) is 0 Å². The number of aryl methyl sites for hydroxylation is 1. The van der Waals surface area contributed by atoms with Crippen LogP contribution >= 0.6 is 11.6 Å². The van der Waals surface area contributed by atoms with Crippen LogP contribution in [0.25, 0.3) is 0 Å². The Morgan fingerprint density at radius 2 is 2.00 bits per heavy atom. The maximum Gasteiger partial charge on any atom is 0.410 e. The summed E-state index contributed by atoms with van der Waals surface area (Å²) in [6.45, 7) is 9.47. The van der Waals surface area contributed by atoms with Crippen LogP contribution in [-0.4, -0.2) is 46.4 Å². The second-order valence-electron chi connectivity index (χ2n) is 10.5. The number of pyridine rings is 1. The molecule has 0 saturated carbocycles. The van der Waals surface area contributed by atoms with Gasteiger partial charge in [-0.25, -0.2) is 4.79 Å². The Kier molecular flexibility index (Phi) is 9.38. The molecule has 0 spiro atoms. The van der Waals surface area contributed by atoms with Crippen LogP contribution in [0.5, 0.6) is 0 Å². The van der Waals surface area contributed by atoms with Crippen LogP contribution in [0, 0.1) is 12.8 Å². The number of benzene rings is 1. The highest BCUT2D eigenvalue weighted by atomic mass is 35.5. The maximum atomic E-state index is 12.4. The average Bonchev–Trinajstić information content (AvgIpc) is 2.79. The van der Waals surface area contributed by atoms with E-state index in [9.17, 15) is 9.90 Å². The van der Waals surface area contributed by atoms with Crippen molar-refractivity contribution in [3.05, 3.63) is 63.9 Å². The minimum atomic E-state index is -0.468. The molecule has 5 nitrogen and oxygen atoms in total. The lowest BCUT2D eigenvalue weighted by atomic mass is 9.84. The summed E-state index contributed by atoms with van der Waals surface area (Å²) >= 11 is 6.33. The van der Waals surface area contributed by atoms with Crippen LogP contribution < -0.4 is 0 Å². The molecule has 0 bridgehead atoms. The van der Waals surface area contributed by atoms with Crippen LogP contribution in [0.15, 0.2) is 36.5 Å². The van der Waals surface area contributed by atoms with Gasteiger partial charge in [-0.15, -0.1) is 0 Å². The maximum absolute atomic E-state index is 12.4. The summed E-state index contributed by atoms with van der Waals surface area (Å²) in [5.41, 5.74) is 4.42. The first-order chi connectivity index (χ1) is 16.2. The van der Waals surface area contributed by atoms with Crippen LogP contribution in [0.4, 0.5) is 4.79 Å². The van der Waals surface area contributed by atoms with Crippen LogP contribution in [0.3, 0.4) is 0 Å². The van der Waals surface area contributed by atoms with Gasteiger partial charge in [-0.05, 0) is 113 Å². The van der Waals surface area contributed by atoms with Crippen molar-refractivity contribution in [1.82, 2.24) is 9.88 Å². The number of carbonyl (C=O) groups is 1. The Morgan fingerprint density at radius 3 is 2.68 bits per heavy atom. The fourth-order valence-corrected chi connectivity index (χ4v) is 4.96. The SMILES string of the molecule is Cc1ccc(Cl)cc1C(CCCO)Cc1cccnc1CC1CCN(C(=O)OC(C)(C)C)CC1. The minimum absolute atomic E-state index is 0.187.